The molecular weight excluding hydrogens is 329 g/mol. The van der Waals surface area contributed by atoms with E-state index in [1.807, 2.05) is 45.9 Å². The second-order valence-electron chi connectivity index (χ2n) is 8.96. The minimum Gasteiger partial charge on any atom is -0.399 e. The van der Waals surface area contributed by atoms with E-state index in [-0.39, 0.29) is 5.78 Å². The second kappa shape index (κ2) is 5.93. The van der Waals surface area contributed by atoms with Crippen LogP contribution in [0.15, 0.2) is 23.4 Å². The number of ketones is 1. The molecule has 0 N–H and O–H groups in total. The maximum absolute atomic E-state index is 12.6. The summed E-state index contributed by atoms with van der Waals surface area (Å²) in [5.74, 6) is 0.182. The Hall–Kier alpha value is -1.66. The van der Waals surface area contributed by atoms with Gasteiger partial charge in [0.25, 0.3) is 0 Å². The summed E-state index contributed by atoms with van der Waals surface area (Å²) in [7, 11) is -0.483. The zero-order chi connectivity index (χ0) is 19.5. The number of carbonyl (C=O) groups excluding carboxylic acids is 1. The van der Waals surface area contributed by atoms with Gasteiger partial charge in [-0.15, -0.1) is 0 Å². The maximum Gasteiger partial charge on any atom is 0.495 e. The molecule has 0 spiro atoms. The van der Waals surface area contributed by atoms with Gasteiger partial charge in [-0.3, -0.25) is 4.79 Å². The molecule has 5 nitrogen and oxygen atoms in total. The van der Waals surface area contributed by atoms with Gasteiger partial charge in [0, 0.05) is 5.56 Å². The highest BCUT2D eigenvalue weighted by atomic mass is 16.7. The van der Waals surface area contributed by atoms with Crippen LogP contribution < -0.4 is 5.46 Å². The molecule has 1 saturated heterocycles. The Kier molecular flexibility index (Phi) is 4.36. The lowest BCUT2D eigenvalue weighted by atomic mass is 9.72. The van der Waals surface area contributed by atoms with Crippen molar-refractivity contribution in [3.63, 3.8) is 0 Å². The number of rotatable bonds is 3. The molecule has 1 aromatic rings. The van der Waals surface area contributed by atoms with E-state index in [1.165, 1.54) is 0 Å². The standard InChI is InChI=1S/C20H28BNO4/c1-12(2)14-10-9-13(16-17(23)18(3,4)26-22-16)11-15(14)21-24-19(5,6)20(7,8)25-21/h9-12H,1-8H3. The van der Waals surface area contributed by atoms with Gasteiger partial charge < -0.3 is 14.1 Å². The topological polar surface area (TPSA) is 57.1 Å². The van der Waals surface area contributed by atoms with Crippen LogP contribution >= 0.6 is 0 Å². The molecule has 6 heteroatoms. The molecule has 0 aromatic heterocycles. The van der Waals surface area contributed by atoms with Crippen LogP contribution in [0.25, 0.3) is 0 Å². The van der Waals surface area contributed by atoms with Gasteiger partial charge in [-0.1, -0.05) is 37.2 Å². The van der Waals surface area contributed by atoms with Crippen molar-refractivity contribution >= 4 is 24.1 Å². The predicted octanol–water partition coefficient (Wildman–Crippen LogP) is 3.19. The molecule has 0 radical (unpaired) electrons. The van der Waals surface area contributed by atoms with E-state index < -0.39 is 23.9 Å². The Morgan fingerprint density at radius 1 is 1.00 bits per heavy atom. The third-order valence-corrected chi connectivity index (χ3v) is 5.62. The molecule has 0 atom stereocenters. The van der Waals surface area contributed by atoms with E-state index in [4.69, 9.17) is 14.1 Å². The van der Waals surface area contributed by atoms with Crippen LogP contribution in [0.3, 0.4) is 0 Å². The van der Waals surface area contributed by atoms with Gasteiger partial charge in [0.2, 0.25) is 5.78 Å². The zero-order valence-electron chi connectivity index (χ0n) is 17.0. The molecule has 0 saturated carbocycles. The average molecular weight is 357 g/mol. The molecule has 140 valence electrons. The van der Waals surface area contributed by atoms with Gasteiger partial charge in [0.1, 0.15) is 0 Å². The van der Waals surface area contributed by atoms with Crippen LogP contribution in [-0.4, -0.2) is 35.4 Å². The van der Waals surface area contributed by atoms with Gasteiger partial charge in [0.15, 0.2) is 11.3 Å². The third kappa shape index (κ3) is 2.99. The highest BCUT2D eigenvalue weighted by Crippen LogP contribution is 2.37. The molecule has 0 bridgehead atoms. The number of carbonyl (C=O) groups is 1. The van der Waals surface area contributed by atoms with Gasteiger partial charge in [-0.05, 0) is 58.5 Å². The molecule has 0 aliphatic carbocycles. The van der Waals surface area contributed by atoms with Gasteiger partial charge in [0.05, 0.1) is 11.2 Å². The molecule has 1 fully saturated rings. The summed E-state index contributed by atoms with van der Waals surface area (Å²) in [6, 6.07) is 5.91. The van der Waals surface area contributed by atoms with Crippen LogP contribution in [0.2, 0.25) is 0 Å². The fourth-order valence-corrected chi connectivity index (χ4v) is 3.13. The highest BCUT2D eigenvalue weighted by molar-refractivity contribution is 6.63. The van der Waals surface area contributed by atoms with Crippen LogP contribution in [0.1, 0.15) is 72.4 Å². The summed E-state index contributed by atoms with van der Waals surface area (Å²) >= 11 is 0. The van der Waals surface area contributed by atoms with Crippen molar-refractivity contribution in [2.24, 2.45) is 5.16 Å². The second-order valence-corrected chi connectivity index (χ2v) is 8.96. The van der Waals surface area contributed by atoms with Crippen LogP contribution in [0.4, 0.5) is 0 Å². The summed E-state index contributed by atoms with van der Waals surface area (Å²) in [6.45, 7) is 15.9. The van der Waals surface area contributed by atoms with Crippen molar-refractivity contribution in [2.45, 2.75) is 78.1 Å². The summed E-state index contributed by atoms with van der Waals surface area (Å²) in [6.07, 6.45) is 0. The molecule has 0 amide bonds. The first-order valence-electron chi connectivity index (χ1n) is 9.16. The number of hydrogen-bond acceptors (Lipinski definition) is 5. The van der Waals surface area contributed by atoms with Crippen molar-refractivity contribution in [1.82, 2.24) is 0 Å². The van der Waals surface area contributed by atoms with Crippen molar-refractivity contribution in [3.05, 3.63) is 29.3 Å². The Labute approximate surface area is 156 Å². The fraction of sp³-hybridized carbons (Fsp3) is 0.600. The summed E-state index contributed by atoms with van der Waals surface area (Å²) in [5, 5.41) is 4.02. The predicted molar refractivity (Wildman–Crippen MR) is 103 cm³/mol. The molecule has 0 unspecified atom stereocenters. The lowest BCUT2D eigenvalue weighted by Crippen LogP contribution is -2.41. The quantitative estimate of drug-likeness (QED) is 0.780. The number of oxime groups is 1. The molecule has 2 aliphatic heterocycles. The largest absolute Gasteiger partial charge is 0.495 e. The van der Waals surface area contributed by atoms with Crippen LogP contribution in [0.5, 0.6) is 0 Å². The number of benzene rings is 1. The number of Topliss-reactive ketones (excluding diaryl/α,β-unsaturated/α-hetero) is 1. The monoisotopic (exact) mass is 357 g/mol. The lowest BCUT2D eigenvalue weighted by molar-refractivity contribution is -0.128. The first-order chi connectivity index (χ1) is 11.9. The van der Waals surface area contributed by atoms with Crippen LogP contribution in [0, 0.1) is 0 Å². The van der Waals surface area contributed by atoms with Crippen molar-refractivity contribution < 1.29 is 18.9 Å². The SMILES string of the molecule is CC(C)c1ccc(C2=NOC(C)(C)C2=O)cc1B1OC(C)(C)C(C)(C)O1. The van der Waals surface area contributed by atoms with Crippen LogP contribution in [-0.2, 0) is 18.9 Å². The van der Waals surface area contributed by atoms with E-state index in [1.54, 1.807) is 13.8 Å². The molecule has 2 heterocycles. The Balaban J connectivity index is 2.04. The summed E-state index contributed by atoms with van der Waals surface area (Å²) in [5.41, 5.74) is 1.39. The zero-order valence-corrected chi connectivity index (χ0v) is 17.0. The molecule has 2 aliphatic rings. The van der Waals surface area contributed by atoms with Crippen molar-refractivity contribution in [3.8, 4) is 0 Å². The minimum atomic E-state index is -0.920. The number of nitrogens with zero attached hydrogens (tertiary/aromatic N) is 1. The minimum absolute atomic E-state index is 0.116. The van der Waals surface area contributed by atoms with E-state index in [0.717, 1.165) is 16.6 Å². The fourth-order valence-electron chi connectivity index (χ4n) is 3.13. The van der Waals surface area contributed by atoms with Gasteiger partial charge >= 0.3 is 7.12 Å². The summed E-state index contributed by atoms with van der Waals surface area (Å²) in [4.78, 5) is 17.9. The Bertz CT molecular complexity index is 764. The summed E-state index contributed by atoms with van der Waals surface area (Å²) < 4.78 is 12.5. The van der Waals surface area contributed by atoms with E-state index >= 15 is 0 Å². The number of hydrogen-bond donors (Lipinski definition) is 0. The third-order valence-electron chi connectivity index (χ3n) is 5.62. The normalized spacial score (nSPS) is 23.3. The molecule has 1 aromatic carbocycles. The highest BCUT2D eigenvalue weighted by Gasteiger charge is 2.52. The maximum atomic E-state index is 12.6. The van der Waals surface area contributed by atoms with Gasteiger partial charge in [-0.25, -0.2) is 0 Å². The smallest absolute Gasteiger partial charge is 0.399 e. The Morgan fingerprint density at radius 3 is 2.04 bits per heavy atom. The van der Waals surface area contributed by atoms with Crippen molar-refractivity contribution in [2.75, 3.05) is 0 Å². The first-order valence-corrected chi connectivity index (χ1v) is 9.16. The van der Waals surface area contributed by atoms with E-state index in [0.29, 0.717) is 11.6 Å². The molecular formula is C20H28BNO4. The first kappa shape index (κ1) is 19.1. The average Bonchev–Trinajstić information content (AvgIpc) is 2.91. The lowest BCUT2D eigenvalue weighted by Gasteiger charge is -2.32. The van der Waals surface area contributed by atoms with E-state index in [9.17, 15) is 4.79 Å². The van der Waals surface area contributed by atoms with Gasteiger partial charge in [-0.2, -0.15) is 0 Å². The van der Waals surface area contributed by atoms with Crippen molar-refractivity contribution in [1.29, 1.82) is 0 Å². The Morgan fingerprint density at radius 2 is 1.58 bits per heavy atom. The molecule has 3 rings (SSSR count). The van der Waals surface area contributed by atoms with E-state index in [2.05, 4.69) is 19.0 Å². The molecule has 26 heavy (non-hydrogen) atoms.